The Bertz CT molecular complexity index is 540. The second-order valence-corrected chi connectivity index (χ2v) is 3.85. The van der Waals surface area contributed by atoms with Gasteiger partial charge < -0.3 is 5.32 Å². The molecule has 0 aliphatic rings. The molecule has 0 aliphatic heterocycles. The molecule has 0 atom stereocenters. The number of para-hydroxylation sites is 1. The number of anilines is 1. The minimum Gasteiger partial charge on any atom is -0.325 e. The molecule has 0 bridgehead atoms. The third kappa shape index (κ3) is 2.17. The number of nitrogens with one attached hydrogen (secondary N) is 1. The van der Waals surface area contributed by atoms with Crippen molar-refractivity contribution in [3.8, 4) is 0 Å². The van der Waals surface area contributed by atoms with Crippen molar-refractivity contribution in [1.29, 1.82) is 0 Å². The molecule has 0 spiro atoms. The quantitative estimate of drug-likeness (QED) is 0.781. The second kappa shape index (κ2) is 4.53. The molecule has 1 amide bonds. The van der Waals surface area contributed by atoms with Crippen LogP contribution in [0.25, 0.3) is 10.9 Å². The number of aromatic nitrogens is 1. The molecule has 0 fully saturated rings. The number of thiol groups is 1. The summed E-state index contributed by atoms with van der Waals surface area (Å²) in [5.41, 5.74) is 2.56. The van der Waals surface area contributed by atoms with Crippen molar-refractivity contribution in [2.75, 3.05) is 11.1 Å². The van der Waals surface area contributed by atoms with Crippen molar-refractivity contribution in [1.82, 2.24) is 4.98 Å². The maximum absolute atomic E-state index is 11.3. The number of benzene rings is 1. The van der Waals surface area contributed by atoms with E-state index in [0.29, 0.717) is 0 Å². The van der Waals surface area contributed by atoms with E-state index in [9.17, 15) is 4.79 Å². The van der Waals surface area contributed by atoms with Crippen LogP contribution < -0.4 is 5.32 Å². The Hall–Kier alpha value is -1.55. The van der Waals surface area contributed by atoms with Crippen LogP contribution in [0.4, 0.5) is 5.69 Å². The fourth-order valence-corrected chi connectivity index (χ4v) is 1.68. The van der Waals surface area contributed by atoms with Crippen LogP contribution in [0.2, 0.25) is 0 Å². The summed E-state index contributed by atoms with van der Waals surface area (Å²) in [6.45, 7) is 1.91. The number of hydrogen-bond donors (Lipinski definition) is 2. The van der Waals surface area contributed by atoms with Crippen LogP contribution >= 0.6 is 12.6 Å². The lowest BCUT2D eigenvalue weighted by atomic mass is 10.1. The molecule has 2 aromatic rings. The van der Waals surface area contributed by atoms with E-state index in [-0.39, 0.29) is 11.7 Å². The highest BCUT2D eigenvalue weighted by Crippen LogP contribution is 2.22. The average molecular weight is 232 g/mol. The SMILES string of the molecule is Cc1cc(NC(=O)CS)c2ccccc2n1. The molecule has 0 aliphatic carbocycles. The number of fused-ring (bicyclic) bond motifs is 1. The molecule has 0 unspecified atom stereocenters. The highest BCUT2D eigenvalue weighted by Gasteiger charge is 2.05. The van der Waals surface area contributed by atoms with Crippen molar-refractivity contribution >= 4 is 35.1 Å². The lowest BCUT2D eigenvalue weighted by Crippen LogP contribution is -2.13. The lowest BCUT2D eigenvalue weighted by molar-refractivity contribution is -0.113. The number of carbonyl (C=O) groups excluding carboxylic acids is 1. The molecule has 1 aromatic carbocycles. The van der Waals surface area contributed by atoms with Gasteiger partial charge in [0, 0.05) is 11.1 Å². The first-order valence-electron chi connectivity index (χ1n) is 4.98. The number of aryl methyl sites for hydroxylation is 1. The zero-order valence-corrected chi connectivity index (χ0v) is 9.79. The van der Waals surface area contributed by atoms with Gasteiger partial charge in [0.15, 0.2) is 0 Å². The van der Waals surface area contributed by atoms with E-state index in [1.54, 1.807) is 0 Å². The van der Waals surface area contributed by atoms with Crippen molar-refractivity contribution in [3.63, 3.8) is 0 Å². The Morgan fingerprint density at radius 1 is 1.44 bits per heavy atom. The van der Waals surface area contributed by atoms with Gasteiger partial charge in [0.1, 0.15) is 0 Å². The lowest BCUT2D eigenvalue weighted by Gasteiger charge is -2.08. The minimum absolute atomic E-state index is 0.112. The van der Waals surface area contributed by atoms with E-state index in [4.69, 9.17) is 0 Å². The van der Waals surface area contributed by atoms with E-state index < -0.39 is 0 Å². The van der Waals surface area contributed by atoms with Gasteiger partial charge in [0.25, 0.3) is 0 Å². The average Bonchev–Trinajstić information content (AvgIpc) is 2.28. The smallest absolute Gasteiger partial charge is 0.234 e. The standard InChI is InChI=1S/C12H12N2OS/c1-8-6-11(14-12(15)7-16)9-4-2-3-5-10(9)13-8/h2-6,16H,7H2,1H3,(H,13,14,15). The zero-order chi connectivity index (χ0) is 11.5. The minimum atomic E-state index is -0.112. The van der Waals surface area contributed by atoms with Gasteiger partial charge in [-0.1, -0.05) is 18.2 Å². The fraction of sp³-hybridized carbons (Fsp3) is 0.167. The summed E-state index contributed by atoms with van der Waals surface area (Å²) in [5.74, 6) is 0.0643. The maximum Gasteiger partial charge on any atom is 0.234 e. The molecule has 1 heterocycles. The van der Waals surface area contributed by atoms with Crippen LogP contribution in [-0.2, 0) is 4.79 Å². The molecule has 0 saturated carbocycles. The first-order chi connectivity index (χ1) is 7.70. The van der Waals surface area contributed by atoms with Gasteiger partial charge in [-0.3, -0.25) is 9.78 Å². The molecule has 0 saturated heterocycles. The zero-order valence-electron chi connectivity index (χ0n) is 8.90. The topological polar surface area (TPSA) is 42.0 Å². The summed E-state index contributed by atoms with van der Waals surface area (Å²) < 4.78 is 0. The Morgan fingerprint density at radius 2 is 2.19 bits per heavy atom. The normalized spacial score (nSPS) is 10.4. The van der Waals surface area contributed by atoms with Gasteiger partial charge in [-0.15, -0.1) is 0 Å². The van der Waals surface area contributed by atoms with Gasteiger partial charge in [-0.05, 0) is 19.1 Å². The summed E-state index contributed by atoms with van der Waals surface area (Å²) in [5, 5.41) is 3.77. The van der Waals surface area contributed by atoms with Crippen molar-refractivity contribution in [2.24, 2.45) is 0 Å². The molecule has 4 heteroatoms. The monoisotopic (exact) mass is 232 g/mol. The van der Waals surface area contributed by atoms with Gasteiger partial charge in [-0.2, -0.15) is 12.6 Å². The Labute approximate surface area is 99.3 Å². The molecule has 0 radical (unpaired) electrons. The maximum atomic E-state index is 11.3. The first kappa shape index (κ1) is 11.0. The molecule has 82 valence electrons. The first-order valence-corrected chi connectivity index (χ1v) is 5.61. The van der Waals surface area contributed by atoms with Crippen LogP contribution in [0.3, 0.4) is 0 Å². The van der Waals surface area contributed by atoms with E-state index in [1.807, 2.05) is 37.3 Å². The van der Waals surface area contributed by atoms with Crippen LogP contribution in [-0.4, -0.2) is 16.6 Å². The van der Waals surface area contributed by atoms with Crippen LogP contribution in [0.1, 0.15) is 5.69 Å². The molecular weight excluding hydrogens is 220 g/mol. The predicted octanol–water partition coefficient (Wildman–Crippen LogP) is 2.41. The molecule has 3 nitrogen and oxygen atoms in total. The Morgan fingerprint density at radius 3 is 2.94 bits per heavy atom. The summed E-state index contributed by atoms with van der Waals surface area (Å²) >= 11 is 3.94. The van der Waals surface area contributed by atoms with Gasteiger partial charge in [-0.25, -0.2) is 0 Å². The summed E-state index contributed by atoms with van der Waals surface area (Å²) in [7, 11) is 0. The highest BCUT2D eigenvalue weighted by atomic mass is 32.1. The van der Waals surface area contributed by atoms with Crippen molar-refractivity contribution < 1.29 is 4.79 Å². The fourth-order valence-electron chi connectivity index (χ4n) is 1.60. The third-order valence-electron chi connectivity index (χ3n) is 2.26. The highest BCUT2D eigenvalue weighted by molar-refractivity contribution is 7.81. The number of carbonyl (C=O) groups is 1. The van der Waals surface area contributed by atoms with Crippen molar-refractivity contribution in [2.45, 2.75) is 6.92 Å². The van der Waals surface area contributed by atoms with Crippen LogP contribution in [0.15, 0.2) is 30.3 Å². The summed E-state index contributed by atoms with van der Waals surface area (Å²) in [6, 6.07) is 9.59. The number of hydrogen-bond acceptors (Lipinski definition) is 3. The Kier molecular flexibility index (Phi) is 3.10. The number of pyridine rings is 1. The number of nitrogens with zero attached hydrogens (tertiary/aromatic N) is 1. The number of rotatable bonds is 2. The van der Waals surface area contributed by atoms with Gasteiger partial charge in [0.2, 0.25) is 5.91 Å². The number of amides is 1. The summed E-state index contributed by atoms with van der Waals surface area (Å²) in [6.07, 6.45) is 0. The van der Waals surface area contributed by atoms with Crippen molar-refractivity contribution in [3.05, 3.63) is 36.0 Å². The van der Waals surface area contributed by atoms with E-state index in [1.165, 1.54) is 0 Å². The van der Waals surface area contributed by atoms with Crippen LogP contribution in [0.5, 0.6) is 0 Å². The van der Waals surface area contributed by atoms with Crippen LogP contribution in [0, 0.1) is 6.92 Å². The van der Waals surface area contributed by atoms with Gasteiger partial charge >= 0.3 is 0 Å². The van der Waals surface area contributed by atoms with E-state index >= 15 is 0 Å². The van der Waals surface area contributed by atoms with Gasteiger partial charge in [0.05, 0.1) is 17.0 Å². The largest absolute Gasteiger partial charge is 0.325 e. The summed E-state index contributed by atoms with van der Waals surface area (Å²) in [4.78, 5) is 15.7. The third-order valence-corrected chi connectivity index (χ3v) is 2.55. The van der Waals surface area contributed by atoms with E-state index in [2.05, 4.69) is 22.9 Å². The second-order valence-electron chi connectivity index (χ2n) is 3.53. The molecule has 1 aromatic heterocycles. The molecule has 2 rings (SSSR count). The molecular formula is C12H12N2OS. The molecule has 1 N–H and O–H groups in total. The Balaban J connectivity index is 2.54. The van der Waals surface area contributed by atoms with E-state index in [0.717, 1.165) is 22.3 Å². The predicted molar refractivity (Wildman–Crippen MR) is 69.0 cm³/mol. The molecule has 16 heavy (non-hydrogen) atoms.